The first kappa shape index (κ1) is 18.7. The van der Waals surface area contributed by atoms with Crippen molar-refractivity contribution >= 4 is 23.2 Å². The normalized spacial score (nSPS) is 13.4. The molecule has 0 spiro atoms. The number of benzene rings is 2. The quantitative estimate of drug-likeness (QED) is 0.643. The molecule has 0 amide bonds. The van der Waals surface area contributed by atoms with E-state index in [1.807, 2.05) is 0 Å². The summed E-state index contributed by atoms with van der Waals surface area (Å²) < 4.78 is 7.34. The fourth-order valence-corrected chi connectivity index (χ4v) is 3.16. The van der Waals surface area contributed by atoms with Crippen molar-refractivity contribution in [3.05, 3.63) is 70.7 Å². The van der Waals surface area contributed by atoms with E-state index in [0.717, 1.165) is 0 Å². The second-order valence-corrected chi connectivity index (χ2v) is 6.70. The first-order valence-electron chi connectivity index (χ1n) is 7.93. The topological polar surface area (TPSA) is 72.2 Å². The van der Waals surface area contributed by atoms with Crippen LogP contribution >= 0.6 is 23.2 Å². The molecule has 1 atom stereocenters. The number of nitrogens with one attached hydrogen (secondary N) is 1. The van der Waals surface area contributed by atoms with Crippen molar-refractivity contribution in [3.63, 3.8) is 0 Å². The summed E-state index contributed by atoms with van der Waals surface area (Å²) in [6.45, 7) is 0.509. The average Bonchev–Trinajstić information content (AvgIpc) is 3.10. The minimum atomic E-state index is -1.25. The highest BCUT2D eigenvalue weighted by atomic mass is 35.5. The van der Waals surface area contributed by atoms with Crippen LogP contribution in [-0.2, 0) is 12.1 Å². The number of halogens is 2. The number of hydrogen-bond acceptors (Lipinski definition) is 5. The first-order chi connectivity index (χ1) is 12.5. The van der Waals surface area contributed by atoms with E-state index in [2.05, 4.69) is 15.4 Å². The number of likely N-dealkylation sites (N-methyl/N-ethyl adjacent to an activating group) is 1. The Bertz CT molecular complexity index is 856. The van der Waals surface area contributed by atoms with E-state index in [-0.39, 0.29) is 6.54 Å². The van der Waals surface area contributed by atoms with Crippen LogP contribution in [0.3, 0.4) is 0 Å². The molecule has 8 heteroatoms. The predicted molar refractivity (Wildman–Crippen MR) is 101 cm³/mol. The summed E-state index contributed by atoms with van der Waals surface area (Å²) in [6.07, 6.45) is 2.97. The van der Waals surface area contributed by atoms with E-state index in [1.54, 1.807) is 60.5 Å². The zero-order valence-corrected chi connectivity index (χ0v) is 15.6. The van der Waals surface area contributed by atoms with E-state index in [9.17, 15) is 5.11 Å². The van der Waals surface area contributed by atoms with Crippen LogP contribution in [0.25, 0.3) is 0 Å². The van der Waals surface area contributed by atoms with Gasteiger partial charge in [-0.15, -0.1) is 0 Å². The van der Waals surface area contributed by atoms with Crippen molar-refractivity contribution in [1.82, 2.24) is 20.1 Å². The third kappa shape index (κ3) is 4.34. The van der Waals surface area contributed by atoms with Gasteiger partial charge in [-0.1, -0.05) is 29.3 Å². The Morgan fingerprint density at radius 3 is 2.50 bits per heavy atom. The van der Waals surface area contributed by atoms with Crippen LogP contribution in [0.15, 0.2) is 55.1 Å². The number of ether oxygens (including phenoxy) is 1. The molecule has 26 heavy (non-hydrogen) atoms. The number of hydrogen-bond donors (Lipinski definition) is 2. The first-order valence-corrected chi connectivity index (χ1v) is 8.68. The summed E-state index contributed by atoms with van der Waals surface area (Å²) in [6, 6.07) is 12.2. The maximum absolute atomic E-state index is 11.2. The molecule has 0 aliphatic rings. The molecule has 0 saturated heterocycles. The zero-order valence-electron chi connectivity index (χ0n) is 14.1. The summed E-state index contributed by atoms with van der Waals surface area (Å²) in [5.41, 5.74) is -0.675. The van der Waals surface area contributed by atoms with Crippen molar-refractivity contribution in [2.75, 3.05) is 13.6 Å². The maximum atomic E-state index is 11.2. The number of nitrogens with zero attached hydrogens (tertiary/aromatic N) is 3. The molecular formula is C18H18Cl2N4O2. The molecular weight excluding hydrogens is 375 g/mol. The Hall–Kier alpha value is -2.12. The molecule has 3 rings (SSSR count). The molecule has 2 N–H and O–H groups in total. The van der Waals surface area contributed by atoms with Gasteiger partial charge in [0.05, 0.1) is 11.6 Å². The summed E-state index contributed by atoms with van der Waals surface area (Å²) >= 11 is 12.3. The lowest BCUT2D eigenvalue weighted by atomic mass is 9.93. The summed E-state index contributed by atoms with van der Waals surface area (Å²) in [4.78, 5) is 3.91. The van der Waals surface area contributed by atoms with Crippen molar-refractivity contribution in [1.29, 1.82) is 0 Å². The van der Waals surface area contributed by atoms with E-state index >= 15 is 0 Å². The van der Waals surface area contributed by atoms with Gasteiger partial charge in [-0.2, -0.15) is 5.10 Å². The molecule has 0 fully saturated rings. The van der Waals surface area contributed by atoms with Gasteiger partial charge in [0, 0.05) is 17.1 Å². The smallest absolute Gasteiger partial charge is 0.137 e. The minimum Gasteiger partial charge on any atom is -0.457 e. The van der Waals surface area contributed by atoms with Crippen molar-refractivity contribution < 1.29 is 9.84 Å². The summed E-state index contributed by atoms with van der Waals surface area (Å²) in [5, 5.41) is 19.2. The van der Waals surface area contributed by atoms with Gasteiger partial charge in [-0.05, 0) is 43.4 Å². The molecule has 0 radical (unpaired) electrons. The van der Waals surface area contributed by atoms with Gasteiger partial charge in [0.2, 0.25) is 0 Å². The van der Waals surface area contributed by atoms with Crippen LogP contribution in [0.4, 0.5) is 0 Å². The standard InChI is InChI=1S/C18H18Cl2N4O2/c1-21-9-18(25,10-24-12-22-11-23-24)16-7-6-15(8-17(16)20)26-14-4-2-13(19)3-5-14/h2-8,11-12,21,25H,9-10H2,1H3. The summed E-state index contributed by atoms with van der Waals surface area (Å²) in [7, 11) is 1.76. The Morgan fingerprint density at radius 2 is 1.88 bits per heavy atom. The summed E-state index contributed by atoms with van der Waals surface area (Å²) in [5.74, 6) is 1.21. The molecule has 1 heterocycles. The van der Waals surface area contributed by atoms with Gasteiger partial charge in [-0.25, -0.2) is 9.67 Å². The van der Waals surface area contributed by atoms with E-state index < -0.39 is 5.60 Å². The van der Waals surface area contributed by atoms with Crippen molar-refractivity contribution in [2.24, 2.45) is 0 Å². The average molecular weight is 393 g/mol. The third-order valence-corrected chi connectivity index (χ3v) is 4.42. The Kier molecular flexibility index (Phi) is 5.78. The van der Waals surface area contributed by atoms with Crippen LogP contribution in [0.5, 0.6) is 11.5 Å². The van der Waals surface area contributed by atoms with E-state index in [1.165, 1.54) is 6.33 Å². The molecule has 2 aromatic carbocycles. The fraction of sp³-hybridized carbons (Fsp3) is 0.222. The van der Waals surface area contributed by atoms with Crippen LogP contribution in [0.1, 0.15) is 5.56 Å². The number of rotatable bonds is 7. The highest BCUT2D eigenvalue weighted by molar-refractivity contribution is 6.31. The molecule has 136 valence electrons. The molecule has 1 aromatic heterocycles. The third-order valence-electron chi connectivity index (χ3n) is 3.85. The molecule has 3 aromatic rings. The second kappa shape index (κ2) is 8.05. The van der Waals surface area contributed by atoms with Crippen LogP contribution in [0, 0.1) is 0 Å². The van der Waals surface area contributed by atoms with Gasteiger partial charge in [0.15, 0.2) is 0 Å². The van der Waals surface area contributed by atoms with Gasteiger partial charge in [0.1, 0.15) is 29.8 Å². The second-order valence-electron chi connectivity index (χ2n) is 5.85. The lowest BCUT2D eigenvalue weighted by molar-refractivity contribution is 0.0172. The minimum absolute atomic E-state index is 0.213. The highest BCUT2D eigenvalue weighted by Gasteiger charge is 2.32. The fourth-order valence-electron chi connectivity index (χ4n) is 2.69. The largest absolute Gasteiger partial charge is 0.457 e. The predicted octanol–water partition coefficient (Wildman–Crippen LogP) is 3.48. The Labute approximate surface area is 161 Å². The van der Waals surface area contributed by atoms with Gasteiger partial charge in [-0.3, -0.25) is 0 Å². The van der Waals surface area contributed by atoms with Crippen molar-refractivity contribution in [2.45, 2.75) is 12.1 Å². The van der Waals surface area contributed by atoms with E-state index in [0.29, 0.717) is 33.7 Å². The highest BCUT2D eigenvalue weighted by Crippen LogP contribution is 2.34. The van der Waals surface area contributed by atoms with Crippen LogP contribution in [0.2, 0.25) is 10.0 Å². The molecule has 1 unspecified atom stereocenters. The maximum Gasteiger partial charge on any atom is 0.137 e. The lowest BCUT2D eigenvalue weighted by Gasteiger charge is -2.29. The lowest BCUT2D eigenvalue weighted by Crippen LogP contribution is -2.41. The SMILES string of the molecule is CNCC(O)(Cn1cncn1)c1ccc(Oc2ccc(Cl)cc2)cc1Cl. The van der Waals surface area contributed by atoms with E-state index in [4.69, 9.17) is 27.9 Å². The van der Waals surface area contributed by atoms with Gasteiger partial charge < -0.3 is 15.2 Å². The van der Waals surface area contributed by atoms with Crippen LogP contribution < -0.4 is 10.1 Å². The zero-order chi connectivity index (χ0) is 18.6. The van der Waals surface area contributed by atoms with Gasteiger partial charge >= 0.3 is 0 Å². The van der Waals surface area contributed by atoms with Gasteiger partial charge in [0.25, 0.3) is 0 Å². The molecule has 0 saturated carbocycles. The molecule has 0 aliphatic carbocycles. The molecule has 6 nitrogen and oxygen atoms in total. The number of aliphatic hydroxyl groups is 1. The Balaban J connectivity index is 1.85. The number of aromatic nitrogens is 3. The van der Waals surface area contributed by atoms with Crippen molar-refractivity contribution in [3.8, 4) is 11.5 Å². The molecule has 0 aliphatic heterocycles. The Morgan fingerprint density at radius 1 is 1.15 bits per heavy atom. The van der Waals surface area contributed by atoms with Crippen LogP contribution in [-0.4, -0.2) is 33.5 Å². The monoisotopic (exact) mass is 392 g/mol. The molecule has 0 bridgehead atoms.